The van der Waals surface area contributed by atoms with Gasteiger partial charge >= 0.3 is 0 Å². The Balaban J connectivity index is 1.59. The highest BCUT2D eigenvalue weighted by molar-refractivity contribution is 7.11. The number of aryl methyl sites for hydroxylation is 2. The van der Waals surface area contributed by atoms with Gasteiger partial charge in [-0.1, -0.05) is 6.07 Å². The Bertz CT molecular complexity index is 668. The van der Waals surface area contributed by atoms with Crippen molar-refractivity contribution in [3.8, 4) is 0 Å². The van der Waals surface area contributed by atoms with Crippen LogP contribution in [0, 0.1) is 19.8 Å². The smallest absolute Gasteiger partial charge is 0.227 e. The zero-order valence-electron chi connectivity index (χ0n) is 13.8. The quantitative estimate of drug-likeness (QED) is 0.865. The zero-order chi connectivity index (χ0) is 16.2. The summed E-state index contributed by atoms with van der Waals surface area (Å²) in [4.78, 5) is 24.4. The molecule has 4 nitrogen and oxygen atoms in total. The lowest BCUT2D eigenvalue weighted by Gasteiger charge is -2.33. The summed E-state index contributed by atoms with van der Waals surface area (Å²) >= 11 is 1.64. The summed E-state index contributed by atoms with van der Waals surface area (Å²) in [6.45, 7) is 5.74. The predicted molar refractivity (Wildman–Crippen MR) is 92.5 cm³/mol. The average molecular weight is 329 g/mol. The molecule has 23 heavy (non-hydrogen) atoms. The van der Waals surface area contributed by atoms with Gasteiger partial charge in [0.2, 0.25) is 5.91 Å². The fourth-order valence-corrected chi connectivity index (χ4v) is 4.23. The maximum absolute atomic E-state index is 12.6. The fraction of sp³-hybridized carbons (Fsp3) is 0.500. The molecule has 1 atom stereocenters. The number of piperidine rings is 1. The molecule has 1 fully saturated rings. The number of carbonyl (C=O) groups is 1. The minimum atomic E-state index is 0.243. The van der Waals surface area contributed by atoms with Gasteiger partial charge in [0.15, 0.2) is 0 Å². The number of nitrogens with zero attached hydrogens (tertiary/aromatic N) is 3. The second-order valence-electron chi connectivity index (χ2n) is 6.33. The van der Waals surface area contributed by atoms with Crippen molar-refractivity contribution < 1.29 is 4.79 Å². The van der Waals surface area contributed by atoms with Gasteiger partial charge in [-0.2, -0.15) is 0 Å². The lowest BCUT2D eigenvalue weighted by Crippen LogP contribution is -2.41. The first-order valence-corrected chi connectivity index (χ1v) is 9.03. The number of rotatable bonds is 4. The van der Waals surface area contributed by atoms with E-state index in [1.165, 1.54) is 12.0 Å². The highest BCUT2D eigenvalue weighted by atomic mass is 32.1. The molecule has 0 aromatic carbocycles. The highest BCUT2D eigenvalue weighted by Gasteiger charge is 2.24. The molecular formula is C18H23N3OS. The average Bonchev–Trinajstić information content (AvgIpc) is 2.86. The third-order valence-corrected chi connectivity index (χ3v) is 5.50. The molecule has 1 aliphatic heterocycles. The van der Waals surface area contributed by atoms with Gasteiger partial charge in [0.05, 0.1) is 17.1 Å². The van der Waals surface area contributed by atoms with Crippen molar-refractivity contribution in [2.24, 2.45) is 5.92 Å². The number of likely N-dealkylation sites (tertiary alicyclic amines) is 1. The number of hydrogen-bond donors (Lipinski definition) is 0. The summed E-state index contributed by atoms with van der Waals surface area (Å²) in [5, 5.41) is 1.04. The van der Waals surface area contributed by atoms with Crippen LogP contribution in [0.15, 0.2) is 24.5 Å². The maximum atomic E-state index is 12.6. The Labute approximate surface area is 141 Å². The molecule has 3 rings (SSSR count). The van der Waals surface area contributed by atoms with Gasteiger partial charge in [-0.3, -0.25) is 9.78 Å². The molecule has 1 amide bonds. The first-order valence-electron chi connectivity index (χ1n) is 8.21. The monoisotopic (exact) mass is 329 g/mol. The van der Waals surface area contributed by atoms with E-state index in [1.54, 1.807) is 17.5 Å². The molecular weight excluding hydrogens is 306 g/mol. The van der Waals surface area contributed by atoms with E-state index in [-0.39, 0.29) is 5.91 Å². The van der Waals surface area contributed by atoms with E-state index in [0.717, 1.165) is 41.5 Å². The predicted octanol–water partition coefficient (Wildman–Crippen LogP) is 3.18. The van der Waals surface area contributed by atoms with Gasteiger partial charge < -0.3 is 4.90 Å². The summed E-state index contributed by atoms with van der Waals surface area (Å²) in [5.74, 6) is 0.786. The maximum Gasteiger partial charge on any atom is 0.227 e. The molecule has 0 N–H and O–H groups in total. The van der Waals surface area contributed by atoms with Crippen LogP contribution in [0.2, 0.25) is 0 Å². The van der Waals surface area contributed by atoms with E-state index in [1.807, 2.05) is 31.0 Å². The van der Waals surface area contributed by atoms with Crippen LogP contribution in [-0.4, -0.2) is 33.9 Å². The minimum absolute atomic E-state index is 0.243. The minimum Gasteiger partial charge on any atom is -0.342 e. The molecule has 0 spiro atoms. The van der Waals surface area contributed by atoms with Gasteiger partial charge in [-0.15, -0.1) is 11.3 Å². The van der Waals surface area contributed by atoms with Crippen LogP contribution in [-0.2, 0) is 17.6 Å². The van der Waals surface area contributed by atoms with Crippen molar-refractivity contribution in [2.45, 2.75) is 39.5 Å². The number of thiazole rings is 1. The normalized spacial score (nSPS) is 18.2. The standard InChI is InChI=1S/C18H23N3OS/c1-13-17(23-14(2)20-13)10-18(22)21-8-4-6-16(12-21)9-15-5-3-7-19-11-15/h3,5,7,11,16H,4,6,8-10,12H2,1-2H3/t16-/m1/s1. The molecule has 0 unspecified atom stereocenters. The highest BCUT2D eigenvalue weighted by Crippen LogP contribution is 2.23. The number of aromatic nitrogens is 2. The fourth-order valence-electron chi connectivity index (χ4n) is 3.30. The number of carbonyl (C=O) groups excluding carboxylic acids is 1. The summed E-state index contributed by atoms with van der Waals surface area (Å²) in [6, 6.07) is 4.10. The number of hydrogen-bond acceptors (Lipinski definition) is 4. The molecule has 2 aromatic rings. The number of amides is 1. The lowest BCUT2D eigenvalue weighted by molar-refractivity contribution is -0.132. The Kier molecular flexibility index (Phi) is 5.06. The van der Waals surface area contributed by atoms with Crippen molar-refractivity contribution in [1.29, 1.82) is 0 Å². The molecule has 1 aliphatic rings. The lowest BCUT2D eigenvalue weighted by atomic mass is 9.91. The third-order valence-electron chi connectivity index (χ3n) is 4.43. The topological polar surface area (TPSA) is 46.1 Å². The molecule has 2 aromatic heterocycles. The molecule has 5 heteroatoms. The molecule has 1 saturated heterocycles. The van der Waals surface area contributed by atoms with Crippen molar-refractivity contribution >= 4 is 17.2 Å². The Hall–Kier alpha value is -1.75. The van der Waals surface area contributed by atoms with Crippen molar-refractivity contribution in [2.75, 3.05) is 13.1 Å². The Morgan fingerprint density at radius 2 is 2.30 bits per heavy atom. The zero-order valence-corrected chi connectivity index (χ0v) is 14.6. The van der Waals surface area contributed by atoms with Gasteiger partial charge in [-0.25, -0.2) is 4.98 Å². The van der Waals surface area contributed by atoms with Gasteiger partial charge in [0.25, 0.3) is 0 Å². The molecule has 122 valence electrons. The first kappa shape index (κ1) is 16.1. The first-order chi connectivity index (χ1) is 11.1. The van der Waals surface area contributed by atoms with E-state index in [4.69, 9.17) is 0 Å². The molecule has 0 saturated carbocycles. The van der Waals surface area contributed by atoms with E-state index in [0.29, 0.717) is 12.3 Å². The summed E-state index contributed by atoms with van der Waals surface area (Å²) in [7, 11) is 0. The Morgan fingerprint density at radius 1 is 1.43 bits per heavy atom. The van der Waals surface area contributed by atoms with Crippen molar-refractivity contribution in [3.63, 3.8) is 0 Å². The molecule has 0 radical (unpaired) electrons. The van der Waals surface area contributed by atoms with Crippen LogP contribution in [0.5, 0.6) is 0 Å². The van der Waals surface area contributed by atoms with E-state index in [2.05, 4.69) is 16.0 Å². The van der Waals surface area contributed by atoms with Gasteiger partial charge in [-0.05, 0) is 50.7 Å². The largest absolute Gasteiger partial charge is 0.342 e. The van der Waals surface area contributed by atoms with Crippen LogP contribution in [0.4, 0.5) is 0 Å². The second-order valence-corrected chi connectivity index (χ2v) is 7.62. The summed E-state index contributed by atoms with van der Waals surface area (Å²) < 4.78 is 0. The van der Waals surface area contributed by atoms with Gasteiger partial charge in [0, 0.05) is 30.4 Å². The third kappa shape index (κ3) is 4.16. The van der Waals surface area contributed by atoms with Crippen LogP contribution < -0.4 is 0 Å². The van der Waals surface area contributed by atoms with E-state index in [9.17, 15) is 4.79 Å². The molecule has 0 aliphatic carbocycles. The van der Waals surface area contributed by atoms with Crippen LogP contribution in [0.3, 0.4) is 0 Å². The van der Waals surface area contributed by atoms with Crippen molar-refractivity contribution in [3.05, 3.63) is 45.7 Å². The van der Waals surface area contributed by atoms with Crippen LogP contribution >= 0.6 is 11.3 Å². The summed E-state index contributed by atoms with van der Waals surface area (Å²) in [5.41, 5.74) is 2.27. The van der Waals surface area contributed by atoms with E-state index >= 15 is 0 Å². The number of pyridine rings is 1. The Morgan fingerprint density at radius 3 is 3.00 bits per heavy atom. The molecule has 0 bridgehead atoms. The van der Waals surface area contributed by atoms with Gasteiger partial charge in [0.1, 0.15) is 0 Å². The van der Waals surface area contributed by atoms with E-state index < -0.39 is 0 Å². The van der Waals surface area contributed by atoms with Crippen molar-refractivity contribution in [1.82, 2.24) is 14.9 Å². The SMILES string of the molecule is Cc1nc(C)c(CC(=O)N2CCC[C@H](Cc3cccnc3)C2)s1. The van der Waals surface area contributed by atoms with Crippen LogP contribution in [0.1, 0.15) is 34.0 Å². The molecule has 3 heterocycles. The van der Waals surface area contributed by atoms with Crippen LogP contribution in [0.25, 0.3) is 0 Å². The second kappa shape index (κ2) is 7.21. The summed E-state index contributed by atoms with van der Waals surface area (Å²) in [6.07, 6.45) is 7.53.